The SMILES string of the molecule is O=C(O)C1CCC(C(=O)c2cc(C3CC3)c(OC3C4CC5CC(C4)CC3C5)cc2F)N1. The van der Waals surface area contributed by atoms with Gasteiger partial charge in [-0.05, 0) is 99.0 Å². The van der Waals surface area contributed by atoms with E-state index in [4.69, 9.17) is 4.74 Å². The van der Waals surface area contributed by atoms with Crippen LogP contribution in [0.4, 0.5) is 4.39 Å². The molecule has 6 aliphatic rings. The lowest BCUT2D eigenvalue weighted by atomic mass is 9.55. The summed E-state index contributed by atoms with van der Waals surface area (Å²) in [7, 11) is 0. The van der Waals surface area contributed by atoms with Crippen LogP contribution in [0.1, 0.15) is 79.6 Å². The summed E-state index contributed by atoms with van der Waals surface area (Å²) in [5, 5.41) is 12.0. The fourth-order valence-corrected chi connectivity index (χ4v) is 7.12. The topological polar surface area (TPSA) is 75.6 Å². The average molecular weight is 428 g/mol. The summed E-state index contributed by atoms with van der Waals surface area (Å²) in [4.78, 5) is 24.2. The molecular weight excluding hydrogens is 397 g/mol. The molecule has 6 fully saturated rings. The highest BCUT2D eigenvalue weighted by molar-refractivity contribution is 6.01. The van der Waals surface area contributed by atoms with E-state index >= 15 is 4.39 Å². The van der Waals surface area contributed by atoms with Gasteiger partial charge in [-0.25, -0.2) is 4.39 Å². The maximum Gasteiger partial charge on any atom is 0.320 e. The number of carbonyl (C=O) groups is 2. The zero-order valence-corrected chi connectivity index (χ0v) is 17.7. The number of hydrogen-bond acceptors (Lipinski definition) is 4. The molecule has 2 atom stereocenters. The van der Waals surface area contributed by atoms with Crippen molar-refractivity contribution in [3.05, 3.63) is 29.1 Å². The van der Waals surface area contributed by atoms with Crippen LogP contribution in [0.3, 0.4) is 0 Å². The van der Waals surface area contributed by atoms with E-state index in [1.54, 1.807) is 6.07 Å². The number of ketones is 1. The molecule has 4 bridgehead atoms. The molecule has 5 nitrogen and oxygen atoms in total. The molecule has 1 aliphatic heterocycles. The molecule has 1 saturated heterocycles. The summed E-state index contributed by atoms with van der Waals surface area (Å²) < 4.78 is 21.7. The predicted octanol–water partition coefficient (Wildman–Crippen LogP) is 4.29. The highest BCUT2D eigenvalue weighted by Crippen LogP contribution is 2.55. The van der Waals surface area contributed by atoms with E-state index in [1.165, 1.54) is 38.2 Å². The third-order valence-corrected chi connectivity index (χ3v) is 8.55. The summed E-state index contributed by atoms with van der Waals surface area (Å²) >= 11 is 0. The van der Waals surface area contributed by atoms with Gasteiger partial charge in [-0.3, -0.25) is 14.9 Å². The van der Waals surface area contributed by atoms with Crippen LogP contribution in [0.25, 0.3) is 0 Å². The van der Waals surface area contributed by atoms with Crippen LogP contribution in [-0.2, 0) is 4.79 Å². The monoisotopic (exact) mass is 427 g/mol. The summed E-state index contributed by atoms with van der Waals surface area (Å²) in [5.41, 5.74) is 1.04. The second kappa shape index (κ2) is 7.29. The zero-order valence-electron chi connectivity index (χ0n) is 17.7. The number of Topliss-reactive ketones (excluding diaryl/α,β-unsaturated/α-hetero) is 1. The molecule has 31 heavy (non-hydrogen) atoms. The van der Waals surface area contributed by atoms with Gasteiger partial charge < -0.3 is 9.84 Å². The van der Waals surface area contributed by atoms with Crippen LogP contribution in [0.2, 0.25) is 0 Å². The molecule has 2 unspecified atom stereocenters. The highest BCUT2D eigenvalue weighted by Gasteiger charge is 2.50. The lowest BCUT2D eigenvalue weighted by Gasteiger charge is -2.53. The lowest BCUT2D eigenvalue weighted by molar-refractivity contribution is -0.139. The molecule has 5 saturated carbocycles. The number of nitrogens with one attached hydrogen (secondary N) is 1. The number of benzene rings is 1. The molecule has 0 aromatic heterocycles. The minimum atomic E-state index is -0.964. The Labute approximate surface area is 181 Å². The minimum Gasteiger partial charge on any atom is -0.489 e. The first-order valence-corrected chi connectivity index (χ1v) is 12.0. The first-order chi connectivity index (χ1) is 15.0. The van der Waals surface area contributed by atoms with Crippen molar-refractivity contribution in [3.8, 4) is 5.75 Å². The first-order valence-electron chi connectivity index (χ1n) is 12.0. The highest BCUT2D eigenvalue weighted by atomic mass is 19.1. The number of hydrogen-bond donors (Lipinski definition) is 2. The average Bonchev–Trinajstić information content (AvgIpc) is 3.44. The normalized spacial score (nSPS) is 38.4. The summed E-state index contributed by atoms with van der Waals surface area (Å²) in [6.45, 7) is 0. The van der Waals surface area contributed by atoms with Gasteiger partial charge in [-0.1, -0.05) is 0 Å². The Bertz CT molecular complexity index is 898. The molecule has 166 valence electrons. The summed E-state index contributed by atoms with van der Waals surface area (Å²) in [6, 6.07) is 1.77. The Kier molecular flexibility index (Phi) is 4.64. The number of halogens is 1. The Morgan fingerprint density at radius 3 is 2.16 bits per heavy atom. The van der Waals surface area contributed by atoms with Crippen LogP contribution < -0.4 is 10.1 Å². The fraction of sp³-hybridized carbons (Fsp3) is 0.680. The van der Waals surface area contributed by atoms with Gasteiger partial charge in [0.1, 0.15) is 23.7 Å². The van der Waals surface area contributed by atoms with Gasteiger partial charge >= 0.3 is 5.97 Å². The largest absolute Gasteiger partial charge is 0.489 e. The van der Waals surface area contributed by atoms with Gasteiger partial charge in [0.2, 0.25) is 0 Å². The van der Waals surface area contributed by atoms with Gasteiger partial charge in [-0.15, -0.1) is 0 Å². The van der Waals surface area contributed by atoms with Crippen molar-refractivity contribution in [2.24, 2.45) is 23.7 Å². The second-order valence-corrected chi connectivity index (χ2v) is 10.7. The van der Waals surface area contributed by atoms with E-state index in [0.29, 0.717) is 36.3 Å². The Hall–Kier alpha value is -1.95. The zero-order chi connectivity index (χ0) is 21.3. The molecule has 5 aliphatic carbocycles. The third kappa shape index (κ3) is 3.47. The van der Waals surface area contributed by atoms with Crippen molar-refractivity contribution in [2.75, 3.05) is 0 Å². The number of aliphatic carboxylic acids is 1. The molecule has 1 heterocycles. The Morgan fingerprint density at radius 1 is 0.935 bits per heavy atom. The van der Waals surface area contributed by atoms with Crippen LogP contribution in [0, 0.1) is 29.5 Å². The fourth-order valence-electron chi connectivity index (χ4n) is 7.12. The summed E-state index contributed by atoms with van der Waals surface area (Å²) in [6.07, 6.45) is 9.43. The minimum absolute atomic E-state index is 0.0721. The molecule has 2 N–H and O–H groups in total. The van der Waals surface area contributed by atoms with Crippen molar-refractivity contribution in [3.63, 3.8) is 0 Å². The van der Waals surface area contributed by atoms with Gasteiger partial charge in [0, 0.05) is 6.07 Å². The molecule has 1 aromatic carbocycles. The molecule has 1 aromatic rings. The van der Waals surface area contributed by atoms with Crippen molar-refractivity contribution < 1.29 is 23.8 Å². The van der Waals surface area contributed by atoms with Gasteiger partial charge in [-0.2, -0.15) is 0 Å². The third-order valence-electron chi connectivity index (χ3n) is 8.55. The van der Waals surface area contributed by atoms with E-state index in [-0.39, 0.29) is 17.5 Å². The Morgan fingerprint density at radius 2 is 1.58 bits per heavy atom. The maximum absolute atomic E-state index is 15.1. The smallest absolute Gasteiger partial charge is 0.320 e. The quantitative estimate of drug-likeness (QED) is 0.663. The van der Waals surface area contributed by atoms with E-state index in [1.807, 2.05) is 0 Å². The second-order valence-electron chi connectivity index (χ2n) is 10.7. The number of carboxylic acid groups (broad SMARTS) is 1. The van der Waals surface area contributed by atoms with E-state index < -0.39 is 23.9 Å². The van der Waals surface area contributed by atoms with Crippen molar-refractivity contribution in [1.29, 1.82) is 0 Å². The molecule has 0 radical (unpaired) electrons. The van der Waals surface area contributed by atoms with E-state index in [9.17, 15) is 14.7 Å². The van der Waals surface area contributed by atoms with Gasteiger partial charge in [0.05, 0.1) is 11.6 Å². The molecule has 0 spiro atoms. The van der Waals surface area contributed by atoms with Gasteiger partial charge in [0.15, 0.2) is 5.78 Å². The molecular formula is C25H30FNO4. The number of carboxylic acids is 1. The molecule has 7 rings (SSSR count). The van der Waals surface area contributed by atoms with Gasteiger partial charge in [0.25, 0.3) is 0 Å². The number of carbonyl (C=O) groups excluding carboxylic acids is 1. The molecule has 0 amide bonds. The van der Waals surface area contributed by atoms with Crippen molar-refractivity contribution in [1.82, 2.24) is 5.32 Å². The van der Waals surface area contributed by atoms with Crippen LogP contribution in [0.15, 0.2) is 12.1 Å². The van der Waals surface area contributed by atoms with Crippen molar-refractivity contribution >= 4 is 11.8 Å². The van der Waals surface area contributed by atoms with Crippen LogP contribution >= 0.6 is 0 Å². The van der Waals surface area contributed by atoms with Crippen molar-refractivity contribution in [2.45, 2.75) is 81.9 Å². The van der Waals surface area contributed by atoms with E-state index in [0.717, 1.165) is 30.2 Å². The maximum atomic E-state index is 15.1. The predicted molar refractivity (Wildman–Crippen MR) is 112 cm³/mol. The standard InChI is InChI=1S/C25H30FNO4/c26-19-11-22(31-24-15-6-12-5-13(8-15)9-16(24)7-12)17(14-1-2-14)10-18(19)23(28)20-3-4-21(27-20)25(29)30/h10-16,20-21,24,27H,1-9H2,(H,29,30). The van der Waals surface area contributed by atoms with E-state index in [2.05, 4.69) is 5.32 Å². The van der Waals surface area contributed by atoms with Crippen LogP contribution in [-0.4, -0.2) is 35.0 Å². The summed E-state index contributed by atoms with van der Waals surface area (Å²) in [5.74, 6) is 2.00. The Balaban J connectivity index is 1.26. The number of rotatable bonds is 6. The lowest BCUT2D eigenvalue weighted by Crippen LogP contribution is -2.50. The van der Waals surface area contributed by atoms with Crippen LogP contribution in [0.5, 0.6) is 5.75 Å². The first kappa shape index (κ1) is 19.7. The number of ether oxygens (including phenoxy) is 1. The molecule has 6 heteroatoms.